The number of nitrogens with zero attached hydrogens (tertiary/aromatic N) is 5. The number of thiazole rings is 1. The average molecular weight is 503 g/mol. The lowest BCUT2D eigenvalue weighted by molar-refractivity contribution is -0.113. The quantitative estimate of drug-likeness (QED) is 0.302. The van der Waals surface area contributed by atoms with Crippen molar-refractivity contribution in [1.29, 1.82) is 0 Å². The van der Waals surface area contributed by atoms with Crippen LogP contribution >= 0.6 is 23.1 Å². The molecule has 1 aromatic carbocycles. The number of rotatable bonds is 11. The lowest BCUT2D eigenvalue weighted by Crippen LogP contribution is -2.21. The van der Waals surface area contributed by atoms with E-state index < -0.39 is 5.97 Å². The van der Waals surface area contributed by atoms with Crippen molar-refractivity contribution in [3.8, 4) is 11.4 Å². The smallest absolute Gasteiger partial charge is 0.350 e. The summed E-state index contributed by atoms with van der Waals surface area (Å²) in [6.45, 7) is 12.6. The number of esters is 1. The zero-order valence-electron chi connectivity index (χ0n) is 20.1. The number of thioether (sulfide) groups is 1. The van der Waals surface area contributed by atoms with Gasteiger partial charge in [-0.05, 0) is 58.9 Å². The summed E-state index contributed by atoms with van der Waals surface area (Å²) in [5.74, 6) is 0.254. The predicted molar refractivity (Wildman–Crippen MR) is 137 cm³/mol. The van der Waals surface area contributed by atoms with Crippen LogP contribution in [0.4, 0.5) is 10.8 Å². The number of hydrogen-bond donors (Lipinski definition) is 1. The number of aryl methyl sites for hydroxylation is 1. The molecule has 182 valence electrons. The molecular weight excluding hydrogens is 472 g/mol. The van der Waals surface area contributed by atoms with E-state index >= 15 is 0 Å². The minimum Gasteiger partial charge on any atom is -0.462 e. The number of anilines is 2. The second-order valence-electron chi connectivity index (χ2n) is 7.26. The van der Waals surface area contributed by atoms with Crippen LogP contribution in [0.1, 0.15) is 43.1 Å². The van der Waals surface area contributed by atoms with Crippen LogP contribution in [-0.4, -0.2) is 57.1 Å². The van der Waals surface area contributed by atoms with Gasteiger partial charge in [-0.2, -0.15) is 0 Å². The van der Waals surface area contributed by atoms with Crippen LogP contribution in [0.2, 0.25) is 0 Å². The molecule has 0 saturated carbocycles. The van der Waals surface area contributed by atoms with Crippen molar-refractivity contribution in [2.24, 2.45) is 0 Å². The number of nitrogens with one attached hydrogen (secondary N) is 1. The Bertz CT molecular complexity index is 1120. The van der Waals surface area contributed by atoms with Crippen molar-refractivity contribution in [1.82, 2.24) is 19.7 Å². The van der Waals surface area contributed by atoms with E-state index in [1.54, 1.807) is 13.8 Å². The first-order valence-corrected chi connectivity index (χ1v) is 13.1. The topological polar surface area (TPSA) is 102 Å². The normalized spacial score (nSPS) is 10.9. The maximum atomic E-state index is 12.5. The Morgan fingerprint density at radius 3 is 2.44 bits per heavy atom. The van der Waals surface area contributed by atoms with E-state index in [0.29, 0.717) is 27.4 Å². The first-order valence-electron chi connectivity index (χ1n) is 11.3. The fourth-order valence-electron chi connectivity index (χ4n) is 3.43. The lowest BCUT2D eigenvalue weighted by Gasteiger charge is -2.21. The van der Waals surface area contributed by atoms with E-state index in [2.05, 4.69) is 63.5 Å². The number of ether oxygens (including phenoxy) is 1. The number of benzene rings is 1. The third-order valence-electron chi connectivity index (χ3n) is 5.12. The van der Waals surface area contributed by atoms with Gasteiger partial charge in [0, 0.05) is 30.9 Å². The van der Waals surface area contributed by atoms with Gasteiger partial charge < -0.3 is 19.5 Å². The molecule has 2 aromatic heterocycles. The zero-order valence-corrected chi connectivity index (χ0v) is 21.8. The Labute approximate surface area is 207 Å². The zero-order chi connectivity index (χ0) is 24.7. The van der Waals surface area contributed by atoms with Crippen molar-refractivity contribution >= 4 is 45.8 Å². The molecule has 1 amide bonds. The van der Waals surface area contributed by atoms with Gasteiger partial charge in [-0.1, -0.05) is 23.1 Å². The van der Waals surface area contributed by atoms with Gasteiger partial charge in [0.15, 0.2) is 16.1 Å². The van der Waals surface area contributed by atoms with E-state index in [1.807, 2.05) is 11.5 Å². The molecule has 1 N–H and O–H groups in total. The number of carbonyl (C=O) groups is 2. The molecule has 3 aromatic rings. The Kier molecular flexibility index (Phi) is 9.05. The molecule has 2 heterocycles. The summed E-state index contributed by atoms with van der Waals surface area (Å²) >= 11 is 2.42. The fraction of sp³-hybridized carbons (Fsp3) is 0.435. The van der Waals surface area contributed by atoms with Crippen molar-refractivity contribution in [2.75, 3.05) is 35.7 Å². The van der Waals surface area contributed by atoms with E-state index in [9.17, 15) is 9.59 Å². The number of aromatic nitrogens is 4. The molecule has 0 saturated heterocycles. The highest BCUT2D eigenvalue weighted by Gasteiger charge is 2.19. The molecule has 0 aliphatic carbocycles. The highest BCUT2D eigenvalue weighted by Crippen LogP contribution is 2.27. The summed E-state index contributed by atoms with van der Waals surface area (Å²) in [6.07, 6.45) is 0. The van der Waals surface area contributed by atoms with Crippen LogP contribution in [0.5, 0.6) is 0 Å². The van der Waals surface area contributed by atoms with Gasteiger partial charge in [0.2, 0.25) is 5.91 Å². The average Bonchev–Trinajstić information content (AvgIpc) is 3.41. The predicted octanol–water partition coefficient (Wildman–Crippen LogP) is 4.48. The van der Waals surface area contributed by atoms with Crippen molar-refractivity contribution in [2.45, 2.75) is 46.3 Å². The van der Waals surface area contributed by atoms with Crippen LogP contribution in [0.15, 0.2) is 29.4 Å². The second-order valence-corrected chi connectivity index (χ2v) is 9.20. The number of carbonyl (C=O) groups excluding carboxylic acids is 2. The lowest BCUT2D eigenvalue weighted by atomic mass is 10.2. The summed E-state index contributed by atoms with van der Waals surface area (Å²) in [5, 5.41) is 12.5. The van der Waals surface area contributed by atoms with Gasteiger partial charge in [-0.3, -0.25) is 4.79 Å². The standard InChI is InChI=1S/C23H30N6O3S2/c1-6-28(7-2)17-12-10-16(11-13-17)20-26-27-23(29(20)8-3)33-14-18(30)25-22-24-15(5)19(34-22)21(31)32-9-4/h10-13H,6-9,14H2,1-5H3,(H,24,25,30). The van der Waals surface area contributed by atoms with Gasteiger partial charge in [0.1, 0.15) is 4.88 Å². The molecule has 0 bridgehead atoms. The first kappa shape index (κ1) is 25.7. The summed E-state index contributed by atoms with van der Waals surface area (Å²) < 4.78 is 7.02. The fourth-order valence-corrected chi connectivity index (χ4v) is 5.10. The van der Waals surface area contributed by atoms with Crippen LogP contribution < -0.4 is 10.2 Å². The summed E-state index contributed by atoms with van der Waals surface area (Å²) in [5.41, 5.74) is 2.69. The monoisotopic (exact) mass is 502 g/mol. The SMILES string of the molecule is CCOC(=O)c1sc(NC(=O)CSc2nnc(-c3ccc(N(CC)CC)cc3)n2CC)nc1C. The van der Waals surface area contributed by atoms with Gasteiger partial charge in [-0.15, -0.1) is 10.2 Å². The van der Waals surface area contributed by atoms with Crippen molar-refractivity contribution in [3.63, 3.8) is 0 Å². The molecule has 0 atom stereocenters. The Hall–Kier alpha value is -2.92. The molecule has 0 spiro atoms. The van der Waals surface area contributed by atoms with E-state index in [-0.39, 0.29) is 18.3 Å². The van der Waals surface area contributed by atoms with Crippen LogP contribution in [0.3, 0.4) is 0 Å². The summed E-state index contributed by atoms with van der Waals surface area (Å²) in [6, 6.07) is 8.30. The van der Waals surface area contributed by atoms with E-state index in [1.165, 1.54) is 17.4 Å². The molecule has 0 radical (unpaired) electrons. The Morgan fingerprint density at radius 2 is 1.82 bits per heavy atom. The first-order chi connectivity index (χ1) is 16.4. The summed E-state index contributed by atoms with van der Waals surface area (Å²) in [4.78, 5) is 31.4. The maximum Gasteiger partial charge on any atom is 0.350 e. The van der Waals surface area contributed by atoms with Crippen LogP contribution in [-0.2, 0) is 16.1 Å². The Balaban J connectivity index is 1.65. The highest BCUT2D eigenvalue weighted by atomic mass is 32.2. The largest absolute Gasteiger partial charge is 0.462 e. The summed E-state index contributed by atoms with van der Waals surface area (Å²) in [7, 11) is 0. The molecule has 3 rings (SSSR count). The second kappa shape index (κ2) is 12.0. The molecule has 0 aliphatic heterocycles. The molecular formula is C23H30N6O3S2. The molecule has 34 heavy (non-hydrogen) atoms. The molecule has 11 heteroatoms. The van der Waals surface area contributed by atoms with E-state index in [4.69, 9.17) is 4.74 Å². The van der Waals surface area contributed by atoms with Crippen LogP contribution in [0, 0.1) is 6.92 Å². The third-order valence-corrected chi connectivity index (χ3v) is 7.14. The van der Waals surface area contributed by atoms with Gasteiger partial charge >= 0.3 is 5.97 Å². The van der Waals surface area contributed by atoms with Gasteiger partial charge in [-0.25, -0.2) is 9.78 Å². The van der Waals surface area contributed by atoms with Crippen molar-refractivity contribution in [3.05, 3.63) is 34.8 Å². The molecule has 0 fully saturated rings. The molecule has 0 unspecified atom stereocenters. The van der Waals surface area contributed by atoms with E-state index in [0.717, 1.165) is 35.8 Å². The maximum absolute atomic E-state index is 12.5. The highest BCUT2D eigenvalue weighted by molar-refractivity contribution is 7.99. The van der Waals surface area contributed by atoms with Gasteiger partial charge in [0.25, 0.3) is 0 Å². The number of amides is 1. The number of hydrogen-bond acceptors (Lipinski definition) is 9. The van der Waals surface area contributed by atoms with Crippen LogP contribution in [0.25, 0.3) is 11.4 Å². The third kappa shape index (κ3) is 5.95. The minimum atomic E-state index is -0.430. The van der Waals surface area contributed by atoms with Crippen molar-refractivity contribution < 1.29 is 14.3 Å². The molecule has 0 aliphatic rings. The Morgan fingerprint density at radius 1 is 1.12 bits per heavy atom. The molecule has 9 nitrogen and oxygen atoms in total. The van der Waals surface area contributed by atoms with Gasteiger partial charge in [0.05, 0.1) is 18.1 Å². The minimum absolute atomic E-state index is 0.145.